The maximum absolute atomic E-state index is 12.9. The summed E-state index contributed by atoms with van der Waals surface area (Å²) in [6.45, 7) is 12.2. The van der Waals surface area contributed by atoms with Gasteiger partial charge in [-0.3, -0.25) is 9.89 Å². The van der Waals surface area contributed by atoms with E-state index in [9.17, 15) is 4.79 Å². The predicted molar refractivity (Wildman–Crippen MR) is 101 cm³/mol. The molecule has 0 aliphatic carbocycles. The third kappa shape index (κ3) is 3.48. The summed E-state index contributed by atoms with van der Waals surface area (Å²) in [5.74, 6) is 0.965. The fourth-order valence-electron chi connectivity index (χ4n) is 4.17. The zero-order valence-electron chi connectivity index (χ0n) is 16.0. The zero-order valence-corrected chi connectivity index (χ0v) is 16.0. The second kappa shape index (κ2) is 7.03. The van der Waals surface area contributed by atoms with Gasteiger partial charge in [0.2, 0.25) is 5.91 Å². The Kier molecular flexibility index (Phi) is 4.98. The Bertz CT molecular complexity index is 756. The van der Waals surface area contributed by atoms with Crippen molar-refractivity contribution in [3.63, 3.8) is 0 Å². The molecular formula is C21H29N3O. The van der Waals surface area contributed by atoms with E-state index in [-0.39, 0.29) is 11.8 Å². The van der Waals surface area contributed by atoms with Gasteiger partial charge in [-0.1, -0.05) is 39.0 Å². The van der Waals surface area contributed by atoms with Crippen LogP contribution in [0.1, 0.15) is 72.7 Å². The number of hydrogen-bond acceptors (Lipinski definition) is 2. The molecule has 1 unspecified atom stereocenters. The van der Waals surface area contributed by atoms with Crippen LogP contribution < -0.4 is 0 Å². The van der Waals surface area contributed by atoms with E-state index in [1.807, 2.05) is 18.7 Å². The van der Waals surface area contributed by atoms with Crippen LogP contribution in [0, 0.1) is 13.8 Å². The molecule has 1 aliphatic rings. The van der Waals surface area contributed by atoms with Crippen LogP contribution >= 0.6 is 0 Å². The summed E-state index contributed by atoms with van der Waals surface area (Å²) in [7, 11) is 0. The number of H-pyrrole nitrogens is 1. The molecular weight excluding hydrogens is 310 g/mol. The highest BCUT2D eigenvalue weighted by molar-refractivity contribution is 5.77. The molecule has 0 fully saturated rings. The Morgan fingerprint density at radius 1 is 1.28 bits per heavy atom. The lowest BCUT2D eigenvalue weighted by Gasteiger charge is -2.31. The monoisotopic (exact) mass is 339 g/mol. The standard InChI is InChI=1S/C21H29N3O/c1-13(2)18-8-6-7-17-12-24(10-9-19(17)18)20(25)11-14(3)21-15(4)22-23-16(21)5/h6-8,13-14H,9-12H2,1-5H3,(H,22,23). The van der Waals surface area contributed by atoms with Gasteiger partial charge in [0.05, 0.1) is 5.69 Å². The average molecular weight is 339 g/mol. The maximum Gasteiger partial charge on any atom is 0.223 e. The molecule has 3 rings (SSSR count). The molecule has 1 amide bonds. The number of carbonyl (C=O) groups is 1. The molecule has 2 aromatic rings. The summed E-state index contributed by atoms with van der Waals surface area (Å²) in [6.07, 6.45) is 1.51. The summed E-state index contributed by atoms with van der Waals surface area (Å²) in [6, 6.07) is 6.53. The van der Waals surface area contributed by atoms with Crippen LogP contribution in [-0.2, 0) is 17.8 Å². The number of aryl methyl sites for hydroxylation is 2. The summed E-state index contributed by atoms with van der Waals surface area (Å²) in [4.78, 5) is 14.9. The number of carbonyl (C=O) groups excluding carboxylic acids is 1. The first kappa shape index (κ1) is 17.7. The minimum Gasteiger partial charge on any atom is -0.338 e. The molecule has 25 heavy (non-hydrogen) atoms. The van der Waals surface area contributed by atoms with Crippen LogP contribution in [0.15, 0.2) is 18.2 Å². The smallest absolute Gasteiger partial charge is 0.223 e. The molecule has 0 saturated carbocycles. The SMILES string of the molecule is Cc1n[nH]c(C)c1C(C)CC(=O)N1CCc2c(cccc2C(C)C)C1. The van der Waals surface area contributed by atoms with E-state index < -0.39 is 0 Å². The maximum atomic E-state index is 12.9. The van der Waals surface area contributed by atoms with Crippen molar-refractivity contribution in [2.24, 2.45) is 0 Å². The molecule has 4 nitrogen and oxygen atoms in total. The highest BCUT2D eigenvalue weighted by Gasteiger charge is 2.25. The highest BCUT2D eigenvalue weighted by Crippen LogP contribution is 2.29. The zero-order chi connectivity index (χ0) is 18.1. The first-order chi connectivity index (χ1) is 11.9. The number of aromatic nitrogens is 2. The normalized spacial score (nSPS) is 15.4. The van der Waals surface area contributed by atoms with Crippen LogP contribution in [0.4, 0.5) is 0 Å². The molecule has 134 valence electrons. The van der Waals surface area contributed by atoms with E-state index in [1.165, 1.54) is 22.3 Å². The predicted octanol–water partition coefficient (Wildman–Crippen LogP) is 4.23. The van der Waals surface area contributed by atoms with Crippen molar-refractivity contribution < 1.29 is 4.79 Å². The Balaban J connectivity index is 1.72. The van der Waals surface area contributed by atoms with Crippen LogP contribution in [0.2, 0.25) is 0 Å². The van der Waals surface area contributed by atoms with Gasteiger partial charge in [0, 0.05) is 25.2 Å². The van der Waals surface area contributed by atoms with E-state index in [1.54, 1.807) is 0 Å². The van der Waals surface area contributed by atoms with Crippen molar-refractivity contribution in [2.75, 3.05) is 6.54 Å². The van der Waals surface area contributed by atoms with E-state index in [4.69, 9.17) is 0 Å². The molecule has 0 bridgehead atoms. The number of aromatic amines is 1. The minimum absolute atomic E-state index is 0.189. The number of amides is 1. The van der Waals surface area contributed by atoms with Crippen LogP contribution in [0.25, 0.3) is 0 Å². The molecule has 1 atom stereocenters. The number of hydrogen-bond donors (Lipinski definition) is 1. The van der Waals surface area contributed by atoms with Crippen LogP contribution in [0.5, 0.6) is 0 Å². The lowest BCUT2D eigenvalue weighted by atomic mass is 9.88. The van der Waals surface area contributed by atoms with Crippen molar-refractivity contribution in [1.29, 1.82) is 0 Å². The fourth-order valence-corrected chi connectivity index (χ4v) is 4.17. The number of fused-ring (bicyclic) bond motifs is 1. The van der Waals surface area contributed by atoms with Gasteiger partial charge < -0.3 is 4.90 Å². The van der Waals surface area contributed by atoms with E-state index in [2.05, 4.69) is 49.2 Å². The van der Waals surface area contributed by atoms with Crippen molar-refractivity contribution in [3.05, 3.63) is 51.8 Å². The first-order valence-electron chi connectivity index (χ1n) is 9.28. The fraction of sp³-hybridized carbons (Fsp3) is 0.524. The molecule has 1 N–H and O–H groups in total. The molecule has 1 aromatic heterocycles. The van der Waals surface area contributed by atoms with E-state index in [0.717, 1.165) is 30.9 Å². The number of benzene rings is 1. The minimum atomic E-state index is 0.189. The second-order valence-electron chi connectivity index (χ2n) is 7.66. The summed E-state index contributed by atoms with van der Waals surface area (Å²) in [5.41, 5.74) is 7.47. The van der Waals surface area contributed by atoms with Gasteiger partial charge in [0.15, 0.2) is 0 Å². The molecule has 0 radical (unpaired) electrons. The van der Waals surface area contributed by atoms with Gasteiger partial charge in [-0.2, -0.15) is 5.10 Å². The highest BCUT2D eigenvalue weighted by atomic mass is 16.2. The van der Waals surface area contributed by atoms with Gasteiger partial charge in [0.1, 0.15) is 0 Å². The molecule has 1 aromatic carbocycles. The van der Waals surface area contributed by atoms with Gasteiger partial charge in [-0.05, 0) is 54.4 Å². The number of nitrogens with one attached hydrogen (secondary N) is 1. The molecule has 0 saturated heterocycles. The Morgan fingerprint density at radius 2 is 2.04 bits per heavy atom. The first-order valence-corrected chi connectivity index (χ1v) is 9.28. The van der Waals surface area contributed by atoms with E-state index >= 15 is 0 Å². The van der Waals surface area contributed by atoms with Crippen molar-refractivity contribution in [1.82, 2.24) is 15.1 Å². The lowest BCUT2D eigenvalue weighted by molar-refractivity contribution is -0.132. The molecule has 4 heteroatoms. The van der Waals surface area contributed by atoms with Gasteiger partial charge in [-0.25, -0.2) is 0 Å². The molecule has 2 heterocycles. The summed E-state index contributed by atoms with van der Waals surface area (Å²) in [5, 5.41) is 7.29. The van der Waals surface area contributed by atoms with Gasteiger partial charge in [0.25, 0.3) is 0 Å². The van der Waals surface area contributed by atoms with Crippen LogP contribution in [-0.4, -0.2) is 27.5 Å². The second-order valence-corrected chi connectivity index (χ2v) is 7.66. The summed E-state index contributed by atoms with van der Waals surface area (Å²) >= 11 is 0. The Labute approximate surface area is 150 Å². The third-order valence-corrected chi connectivity index (χ3v) is 5.44. The summed E-state index contributed by atoms with van der Waals surface area (Å²) < 4.78 is 0. The quantitative estimate of drug-likeness (QED) is 0.906. The Hall–Kier alpha value is -2.10. The molecule has 0 spiro atoms. The van der Waals surface area contributed by atoms with Crippen molar-refractivity contribution >= 4 is 5.91 Å². The average Bonchev–Trinajstić information content (AvgIpc) is 2.92. The van der Waals surface area contributed by atoms with E-state index in [0.29, 0.717) is 12.3 Å². The number of nitrogens with zero attached hydrogens (tertiary/aromatic N) is 2. The topological polar surface area (TPSA) is 49.0 Å². The van der Waals surface area contributed by atoms with Crippen LogP contribution in [0.3, 0.4) is 0 Å². The van der Waals surface area contributed by atoms with Gasteiger partial charge >= 0.3 is 0 Å². The van der Waals surface area contributed by atoms with Crippen molar-refractivity contribution in [2.45, 2.75) is 65.8 Å². The van der Waals surface area contributed by atoms with Gasteiger partial charge in [-0.15, -0.1) is 0 Å². The third-order valence-electron chi connectivity index (χ3n) is 5.44. The number of rotatable bonds is 4. The lowest BCUT2D eigenvalue weighted by Crippen LogP contribution is -2.37. The molecule has 1 aliphatic heterocycles. The largest absolute Gasteiger partial charge is 0.338 e. The van der Waals surface area contributed by atoms with Crippen molar-refractivity contribution in [3.8, 4) is 0 Å². The Morgan fingerprint density at radius 3 is 2.68 bits per heavy atom.